The molecule has 0 bridgehead atoms. The standard InChI is InChI=1S/C27H31N3O5S/c1-3-28(4-2)22-11-10-21(23(17-22)35-19-20-8-6-5-7-9-20)16-24-26(32)30(27(33)36-24)18-25(31)29-12-14-34-15-13-29/h5-11,16-17H,3-4,12-15,18-19H2,1-2H3/b24-16+. The fourth-order valence-electron chi connectivity index (χ4n) is 4.11. The van der Waals surface area contributed by atoms with Crippen LogP contribution in [0.5, 0.6) is 5.75 Å². The second-order valence-electron chi connectivity index (χ2n) is 8.43. The Morgan fingerprint density at radius 2 is 1.81 bits per heavy atom. The van der Waals surface area contributed by atoms with Crippen LogP contribution < -0.4 is 9.64 Å². The normalized spacial score (nSPS) is 17.1. The summed E-state index contributed by atoms with van der Waals surface area (Å²) in [6.07, 6.45) is 1.68. The summed E-state index contributed by atoms with van der Waals surface area (Å²) in [6, 6.07) is 15.7. The maximum absolute atomic E-state index is 13.1. The molecule has 3 amide bonds. The third-order valence-corrected chi connectivity index (χ3v) is 7.09. The minimum Gasteiger partial charge on any atom is -0.488 e. The first kappa shape index (κ1) is 25.8. The van der Waals surface area contributed by atoms with Gasteiger partial charge in [0, 0.05) is 43.5 Å². The molecule has 0 N–H and O–H groups in total. The Bertz CT molecular complexity index is 1130. The van der Waals surface area contributed by atoms with Crippen molar-refractivity contribution in [2.24, 2.45) is 0 Å². The van der Waals surface area contributed by atoms with E-state index in [-0.39, 0.29) is 17.4 Å². The van der Waals surface area contributed by atoms with Crippen LogP contribution in [0.2, 0.25) is 0 Å². The van der Waals surface area contributed by atoms with Gasteiger partial charge in [-0.3, -0.25) is 19.3 Å². The molecule has 0 spiro atoms. The predicted molar refractivity (Wildman–Crippen MR) is 141 cm³/mol. The summed E-state index contributed by atoms with van der Waals surface area (Å²) in [4.78, 5) is 43.4. The highest BCUT2D eigenvalue weighted by molar-refractivity contribution is 8.18. The van der Waals surface area contributed by atoms with Gasteiger partial charge < -0.3 is 19.3 Å². The van der Waals surface area contributed by atoms with Crippen LogP contribution in [0.15, 0.2) is 53.4 Å². The third kappa shape index (κ3) is 6.09. The summed E-state index contributed by atoms with van der Waals surface area (Å²) in [5.41, 5.74) is 2.75. The zero-order valence-electron chi connectivity index (χ0n) is 20.6. The van der Waals surface area contributed by atoms with Gasteiger partial charge in [0.05, 0.1) is 18.1 Å². The topological polar surface area (TPSA) is 79.4 Å². The first-order valence-electron chi connectivity index (χ1n) is 12.2. The van der Waals surface area contributed by atoms with Crippen LogP contribution in [-0.4, -0.2) is 72.8 Å². The average Bonchev–Trinajstić information content (AvgIpc) is 3.17. The highest BCUT2D eigenvalue weighted by Crippen LogP contribution is 2.35. The SMILES string of the molecule is CCN(CC)c1ccc(/C=C2/SC(=O)N(CC(=O)N3CCOCC3)C2=O)c(OCc2ccccc2)c1. The van der Waals surface area contributed by atoms with Crippen LogP contribution >= 0.6 is 11.8 Å². The monoisotopic (exact) mass is 509 g/mol. The summed E-state index contributed by atoms with van der Waals surface area (Å²) < 4.78 is 11.5. The average molecular weight is 510 g/mol. The van der Waals surface area contributed by atoms with E-state index in [2.05, 4.69) is 18.7 Å². The van der Waals surface area contributed by atoms with Crippen LogP contribution in [0.3, 0.4) is 0 Å². The number of hydrogen-bond donors (Lipinski definition) is 0. The number of ether oxygens (including phenoxy) is 2. The molecule has 36 heavy (non-hydrogen) atoms. The van der Waals surface area contributed by atoms with Crippen LogP contribution in [0.4, 0.5) is 10.5 Å². The van der Waals surface area contributed by atoms with E-state index < -0.39 is 11.1 Å². The highest BCUT2D eigenvalue weighted by Gasteiger charge is 2.37. The van der Waals surface area contributed by atoms with Gasteiger partial charge >= 0.3 is 0 Å². The van der Waals surface area contributed by atoms with E-state index >= 15 is 0 Å². The summed E-state index contributed by atoms with van der Waals surface area (Å²) in [5, 5.41) is -0.445. The van der Waals surface area contributed by atoms with Crippen molar-refractivity contribution in [3.8, 4) is 5.75 Å². The molecule has 0 atom stereocenters. The molecule has 2 aromatic carbocycles. The molecule has 0 aromatic heterocycles. The zero-order valence-corrected chi connectivity index (χ0v) is 21.5. The lowest BCUT2D eigenvalue weighted by Gasteiger charge is -2.28. The number of imide groups is 1. The summed E-state index contributed by atoms with van der Waals surface area (Å²) >= 11 is 0.845. The Morgan fingerprint density at radius 1 is 1.08 bits per heavy atom. The quantitative estimate of drug-likeness (QED) is 0.473. The van der Waals surface area contributed by atoms with Crippen LogP contribution in [-0.2, 0) is 20.9 Å². The number of thioether (sulfide) groups is 1. The molecule has 0 radical (unpaired) electrons. The van der Waals surface area contributed by atoms with Crippen LogP contribution in [0, 0.1) is 0 Å². The molecular formula is C27H31N3O5S. The molecule has 0 aliphatic carbocycles. The molecule has 0 saturated carbocycles. The Balaban J connectivity index is 1.55. The van der Waals surface area contributed by atoms with Gasteiger partial charge in [0.25, 0.3) is 11.1 Å². The van der Waals surface area contributed by atoms with Gasteiger partial charge in [-0.25, -0.2) is 0 Å². The van der Waals surface area contributed by atoms with E-state index in [4.69, 9.17) is 9.47 Å². The van der Waals surface area contributed by atoms with Crippen molar-refractivity contribution in [2.75, 3.05) is 50.8 Å². The number of benzene rings is 2. The number of rotatable bonds is 9. The van der Waals surface area contributed by atoms with Gasteiger partial charge in [-0.1, -0.05) is 30.3 Å². The number of nitrogens with zero attached hydrogens (tertiary/aromatic N) is 3. The van der Waals surface area contributed by atoms with Gasteiger partial charge in [-0.15, -0.1) is 0 Å². The number of morpholine rings is 1. The maximum atomic E-state index is 13.1. The molecule has 2 fully saturated rings. The van der Waals surface area contributed by atoms with E-state index in [0.717, 1.165) is 41.0 Å². The van der Waals surface area contributed by atoms with E-state index in [1.165, 1.54) is 0 Å². The van der Waals surface area contributed by atoms with Gasteiger partial charge in [0.15, 0.2) is 0 Å². The van der Waals surface area contributed by atoms with Crippen molar-refractivity contribution in [3.63, 3.8) is 0 Å². The molecule has 0 unspecified atom stereocenters. The van der Waals surface area contributed by atoms with Gasteiger partial charge in [-0.2, -0.15) is 0 Å². The second kappa shape index (κ2) is 12.1. The lowest BCUT2D eigenvalue weighted by atomic mass is 10.1. The number of anilines is 1. The van der Waals surface area contributed by atoms with E-state index in [1.54, 1.807) is 11.0 Å². The maximum Gasteiger partial charge on any atom is 0.294 e. The smallest absolute Gasteiger partial charge is 0.294 e. The minimum atomic E-state index is -0.464. The molecule has 4 rings (SSSR count). The zero-order chi connectivity index (χ0) is 25.5. The third-order valence-electron chi connectivity index (χ3n) is 6.18. The highest BCUT2D eigenvalue weighted by atomic mass is 32.2. The molecule has 2 heterocycles. The molecule has 2 aliphatic rings. The fourth-order valence-corrected chi connectivity index (χ4v) is 4.94. The Hall–Kier alpha value is -3.30. The summed E-state index contributed by atoms with van der Waals surface area (Å²) in [6.45, 7) is 7.85. The number of amides is 3. The van der Waals surface area contributed by atoms with E-state index in [9.17, 15) is 14.4 Å². The summed E-state index contributed by atoms with van der Waals surface area (Å²) in [7, 11) is 0. The van der Waals surface area contributed by atoms with Crippen molar-refractivity contribution >= 4 is 40.6 Å². The van der Waals surface area contributed by atoms with Gasteiger partial charge in [0.2, 0.25) is 5.91 Å². The van der Waals surface area contributed by atoms with Crippen molar-refractivity contribution in [3.05, 3.63) is 64.6 Å². The second-order valence-corrected chi connectivity index (χ2v) is 9.42. The van der Waals surface area contributed by atoms with Gasteiger partial charge in [0.1, 0.15) is 18.9 Å². The molecule has 8 nitrogen and oxygen atoms in total. The summed E-state index contributed by atoms with van der Waals surface area (Å²) in [5.74, 6) is -0.0924. The lowest BCUT2D eigenvalue weighted by Crippen LogP contribution is -2.46. The minimum absolute atomic E-state index is 0.252. The van der Waals surface area contributed by atoms with Crippen molar-refractivity contribution in [1.82, 2.24) is 9.80 Å². The molecule has 9 heteroatoms. The molecule has 2 aliphatic heterocycles. The largest absolute Gasteiger partial charge is 0.488 e. The molecule has 190 valence electrons. The Kier molecular flexibility index (Phi) is 8.66. The van der Waals surface area contributed by atoms with Gasteiger partial charge in [-0.05, 0) is 49.4 Å². The molecule has 2 aromatic rings. The fraction of sp³-hybridized carbons (Fsp3) is 0.370. The first-order chi connectivity index (χ1) is 17.5. The molecular weight excluding hydrogens is 478 g/mol. The Labute approximate surface area is 215 Å². The van der Waals surface area contributed by atoms with E-state index in [0.29, 0.717) is 44.2 Å². The number of carbonyl (C=O) groups excluding carboxylic acids is 3. The number of hydrogen-bond acceptors (Lipinski definition) is 7. The first-order valence-corrected chi connectivity index (χ1v) is 13.0. The van der Waals surface area contributed by atoms with Crippen LogP contribution in [0.25, 0.3) is 6.08 Å². The molecule has 2 saturated heterocycles. The van der Waals surface area contributed by atoms with Crippen LogP contribution in [0.1, 0.15) is 25.0 Å². The van der Waals surface area contributed by atoms with E-state index in [1.807, 2.05) is 48.5 Å². The van der Waals surface area contributed by atoms with Crippen molar-refractivity contribution in [2.45, 2.75) is 20.5 Å². The van der Waals surface area contributed by atoms with Crippen molar-refractivity contribution < 1.29 is 23.9 Å². The van der Waals surface area contributed by atoms with Crippen molar-refractivity contribution in [1.29, 1.82) is 0 Å². The Morgan fingerprint density at radius 3 is 2.50 bits per heavy atom. The predicted octanol–water partition coefficient (Wildman–Crippen LogP) is 4.01. The number of carbonyl (C=O) groups is 3. The lowest BCUT2D eigenvalue weighted by molar-refractivity contribution is -0.139.